The number of anilines is 2. The van der Waals surface area contributed by atoms with Crippen LogP contribution < -0.4 is 9.96 Å². The summed E-state index contributed by atoms with van der Waals surface area (Å²) < 4.78 is 0. The molecule has 3 aromatic rings. The molecule has 0 radical (unpaired) electrons. The van der Waals surface area contributed by atoms with E-state index < -0.39 is 34.8 Å². The molecule has 0 aliphatic carbocycles. The molecule has 2 fully saturated rings. The van der Waals surface area contributed by atoms with Crippen LogP contribution in [0.3, 0.4) is 0 Å². The van der Waals surface area contributed by atoms with Crippen LogP contribution in [0.1, 0.15) is 17.2 Å². The minimum atomic E-state index is -1.12. The van der Waals surface area contributed by atoms with Gasteiger partial charge in [-0.2, -0.15) is 0 Å². The zero-order valence-corrected chi connectivity index (χ0v) is 19.2. The molecular weight excluding hydrogens is 481 g/mol. The molecule has 2 heterocycles. The van der Waals surface area contributed by atoms with Gasteiger partial charge in [-0.15, -0.1) is 0 Å². The van der Waals surface area contributed by atoms with Crippen LogP contribution in [-0.2, 0) is 14.4 Å². The summed E-state index contributed by atoms with van der Waals surface area (Å²) in [5, 5.41) is 13.4. The van der Waals surface area contributed by atoms with E-state index in [2.05, 4.69) is 0 Å². The first-order chi connectivity index (χ1) is 16.3. The van der Waals surface area contributed by atoms with Gasteiger partial charge in [0.05, 0.1) is 22.3 Å². The first kappa shape index (κ1) is 22.3. The Hall–Kier alpha value is -3.46. The molecule has 5 rings (SSSR count). The quantitative estimate of drug-likeness (QED) is 0.277. The van der Waals surface area contributed by atoms with Gasteiger partial charge < -0.3 is 0 Å². The molecule has 3 atom stereocenters. The smallest absolute Gasteiger partial charge is 0.271 e. The average molecular weight is 498 g/mol. The van der Waals surface area contributed by atoms with Gasteiger partial charge in [0.2, 0.25) is 5.91 Å². The predicted octanol–water partition coefficient (Wildman–Crippen LogP) is 5.26. The highest BCUT2D eigenvalue weighted by molar-refractivity contribution is 6.35. The second-order valence-electron chi connectivity index (χ2n) is 8.12. The van der Waals surface area contributed by atoms with Crippen molar-refractivity contribution < 1.29 is 19.3 Å². The molecule has 0 aromatic heterocycles. The monoisotopic (exact) mass is 497 g/mol. The lowest BCUT2D eigenvalue weighted by Crippen LogP contribution is -2.37. The molecule has 2 aliphatic heterocycles. The number of aryl methyl sites for hydroxylation is 1. The number of amides is 2. The Morgan fingerprint density at radius 2 is 1.68 bits per heavy atom. The van der Waals surface area contributed by atoms with Crippen molar-refractivity contribution in [1.29, 1.82) is 0 Å². The summed E-state index contributed by atoms with van der Waals surface area (Å²) in [6.45, 7) is 1.87. The largest absolute Gasteiger partial charge is 0.273 e. The van der Waals surface area contributed by atoms with Crippen LogP contribution in [0.15, 0.2) is 66.7 Å². The maximum absolute atomic E-state index is 13.6. The van der Waals surface area contributed by atoms with Gasteiger partial charge in [-0.3, -0.25) is 24.5 Å². The van der Waals surface area contributed by atoms with Gasteiger partial charge in [0.1, 0.15) is 5.92 Å². The highest BCUT2D eigenvalue weighted by atomic mass is 35.5. The molecule has 2 amide bonds. The van der Waals surface area contributed by atoms with Crippen molar-refractivity contribution in [1.82, 2.24) is 0 Å². The molecule has 0 saturated carbocycles. The van der Waals surface area contributed by atoms with E-state index in [0.717, 1.165) is 10.5 Å². The third-order valence-corrected chi connectivity index (χ3v) is 6.51. The van der Waals surface area contributed by atoms with E-state index in [1.165, 1.54) is 29.3 Å². The van der Waals surface area contributed by atoms with Gasteiger partial charge in [-0.25, -0.2) is 9.96 Å². The number of carbonyl (C=O) groups excluding carboxylic acids is 2. The number of hydrogen-bond acceptors (Lipinski definition) is 6. The molecule has 172 valence electrons. The summed E-state index contributed by atoms with van der Waals surface area (Å²) in [4.78, 5) is 45.0. The van der Waals surface area contributed by atoms with Gasteiger partial charge in [0.15, 0.2) is 6.10 Å². The molecule has 0 N–H and O–H groups in total. The lowest BCUT2D eigenvalue weighted by atomic mass is 9.90. The topological polar surface area (TPSA) is 93.0 Å². The number of non-ortho nitro benzene ring substituents is 1. The number of halogens is 2. The van der Waals surface area contributed by atoms with Gasteiger partial charge >= 0.3 is 0 Å². The lowest BCUT2D eigenvalue weighted by molar-refractivity contribution is -0.384. The van der Waals surface area contributed by atoms with Crippen LogP contribution in [0.4, 0.5) is 17.1 Å². The number of imide groups is 1. The highest BCUT2D eigenvalue weighted by Gasteiger charge is 2.60. The van der Waals surface area contributed by atoms with Crippen molar-refractivity contribution in [3.05, 3.63) is 98.0 Å². The summed E-state index contributed by atoms with van der Waals surface area (Å²) in [5.74, 6) is -1.88. The van der Waals surface area contributed by atoms with E-state index >= 15 is 0 Å². The second-order valence-corrected chi connectivity index (χ2v) is 8.96. The number of benzene rings is 3. The van der Waals surface area contributed by atoms with E-state index in [1.54, 1.807) is 36.4 Å². The number of hydroxylamine groups is 1. The van der Waals surface area contributed by atoms with E-state index in [1.807, 2.05) is 13.0 Å². The summed E-state index contributed by atoms with van der Waals surface area (Å²) in [6.07, 6.45) is -1.12. The Bertz CT molecular complexity index is 1350. The normalized spacial score (nSPS) is 21.8. The fraction of sp³-hybridized carbons (Fsp3) is 0.167. The number of rotatable bonds is 4. The molecule has 8 nitrogen and oxygen atoms in total. The average Bonchev–Trinajstić information content (AvgIpc) is 3.30. The SMILES string of the molecule is Cc1cccc(N2C(=O)[C@@H]3[C@@H](ON(c4cccc([N+](=O)[O-])c4)[C@H]3c3ccc(Cl)cc3Cl)C2=O)c1. The third kappa shape index (κ3) is 3.60. The second kappa shape index (κ2) is 8.39. The molecule has 10 heteroatoms. The zero-order valence-electron chi connectivity index (χ0n) is 17.7. The fourth-order valence-corrected chi connectivity index (χ4v) is 4.98. The predicted molar refractivity (Wildman–Crippen MR) is 127 cm³/mol. The van der Waals surface area contributed by atoms with E-state index in [0.29, 0.717) is 22.0 Å². The van der Waals surface area contributed by atoms with Crippen molar-refractivity contribution in [3.63, 3.8) is 0 Å². The standard InChI is InChI=1S/C24H17Cl2N3O5/c1-13-4-2-5-15(10-13)27-23(30)20-21(18-9-8-14(25)11-19(18)26)28(34-22(20)24(27)31)16-6-3-7-17(12-16)29(32)33/h2-12,20-22H,1H3/t20-,21-,22+/m0/s1. The molecular formula is C24H17Cl2N3O5. The van der Waals surface area contributed by atoms with Crippen LogP contribution in [-0.4, -0.2) is 22.8 Å². The number of nitro benzene ring substituents is 1. The third-order valence-electron chi connectivity index (χ3n) is 5.95. The molecule has 3 aromatic carbocycles. The molecule has 0 unspecified atom stereocenters. The van der Waals surface area contributed by atoms with Crippen molar-refractivity contribution in [2.45, 2.75) is 19.1 Å². The van der Waals surface area contributed by atoms with Gasteiger partial charge in [-0.1, -0.05) is 47.5 Å². The van der Waals surface area contributed by atoms with Crippen LogP contribution in [0.25, 0.3) is 0 Å². The minimum absolute atomic E-state index is 0.154. The van der Waals surface area contributed by atoms with Gasteiger partial charge in [-0.05, 0) is 48.4 Å². The molecule has 0 bridgehead atoms. The first-order valence-electron chi connectivity index (χ1n) is 10.4. The van der Waals surface area contributed by atoms with Crippen molar-refractivity contribution in [2.75, 3.05) is 9.96 Å². The highest BCUT2D eigenvalue weighted by Crippen LogP contribution is 2.49. The summed E-state index contributed by atoms with van der Waals surface area (Å²) in [5.41, 5.74) is 2.03. The van der Waals surface area contributed by atoms with Crippen molar-refractivity contribution >= 4 is 52.1 Å². The minimum Gasteiger partial charge on any atom is -0.273 e. The van der Waals surface area contributed by atoms with E-state index in [-0.39, 0.29) is 10.7 Å². The Morgan fingerprint density at radius 1 is 0.941 bits per heavy atom. The van der Waals surface area contributed by atoms with E-state index in [4.69, 9.17) is 28.0 Å². The number of fused-ring (bicyclic) bond motifs is 1. The number of nitrogens with zero attached hydrogens (tertiary/aromatic N) is 3. The number of carbonyl (C=O) groups is 2. The maximum Gasteiger partial charge on any atom is 0.271 e. The Balaban J connectivity index is 1.63. The summed E-state index contributed by atoms with van der Waals surface area (Å²) >= 11 is 12.6. The van der Waals surface area contributed by atoms with Crippen molar-refractivity contribution in [3.8, 4) is 0 Å². The first-order valence-corrected chi connectivity index (χ1v) is 11.1. The van der Waals surface area contributed by atoms with Crippen LogP contribution in [0.2, 0.25) is 10.0 Å². The van der Waals surface area contributed by atoms with Crippen LogP contribution >= 0.6 is 23.2 Å². The summed E-state index contributed by atoms with van der Waals surface area (Å²) in [6, 6.07) is 16.9. The maximum atomic E-state index is 13.6. The molecule has 2 aliphatic rings. The Morgan fingerprint density at radius 3 is 2.38 bits per heavy atom. The molecule has 34 heavy (non-hydrogen) atoms. The van der Waals surface area contributed by atoms with Crippen molar-refractivity contribution in [2.24, 2.45) is 5.92 Å². The Kier molecular flexibility index (Phi) is 5.51. The van der Waals surface area contributed by atoms with Gasteiger partial charge in [0.25, 0.3) is 11.6 Å². The molecule has 0 spiro atoms. The fourth-order valence-electron chi connectivity index (χ4n) is 4.46. The summed E-state index contributed by atoms with van der Waals surface area (Å²) in [7, 11) is 0. The molecule has 2 saturated heterocycles. The van der Waals surface area contributed by atoms with Gasteiger partial charge in [0, 0.05) is 22.2 Å². The Labute approximate surface area is 204 Å². The van der Waals surface area contributed by atoms with E-state index in [9.17, 15) is 19.7 Å². The number of hydrogen-bond donors (Lipinski definition) is 0. The van der Waals surface area contributed by atoms with Crippen LogP contribution in [0.5, 0.6) is 0 Å². The number of nitro groups is 1. The van der Waals surface area contributed by atoms with Crippen LogP contribution in [0, 0.1) is 23.0 Å². The zero-order chi connectivity index (χ0) is 24.1. The lowest BCUT2D eigenvalue weighted by Gasteiger charge is -2.29.